The number of unbranched alkanes of at least 4 members (excludes halogenated alkanes) is 1. The number of fused-ring (bicyclic) bond motifs is 1. The molecule has 4 aromatic rings. The van der Waals surface area contributed by atoms with E-state index in [-0.39, 0.29) is 5.91 Å². The smallest absolute Gasteiger partial charge is 0.336 e. The average Bonchev–Trinajstić information content (AvgIpc) is 3.14. The first kappa shape index (κ1) is 22.3. The summed E-state index contributed by atoms with van der Waals surface area (Å²) in [5.74, 6) is -0.0181. The maximum Gasteiger partial charge on any atom is 0.336 e. The molecule has 4 rings (SSSR count). The zero-order valence-electron chi connectivity index (χ0n) is 18.8. The lowest BCUT2D eigenvalue weighted by atomic mass is 9.99. The van der Waals surface area contributed by atoms with E-state index in [2.05, 4.69) is 16.8 Å². The van der Waals surface area contributed by atoms with Crippen molar-refractivity contribution in [2.24, 2.45) is 0 Å². The molecule has 1 amide bonds. The number of carbonyl (C=O) groups excluding carboxylic acids is 1. The number of benzene rings is 3. The number of aryl methyl sites for hydroxylation is 1. The maximum absolute atomic E-state index is 11.6. The number of carboxylic acid groups (broad SMARTS) is 1. The van der Waals surface area contributed by atoms with Crippen LogP contribution in [0.1, 0.15) is 48.4 Å². The van der Waals surface area contributed by atoms with Crippen LogP contribution in [0, 0.1) is 0 Å². The first-order valence-corrected chi connectivity index (χ1v) is 11.1. The lowest BCUT2D eigenvalue weighted by Crippen LogP contribution is -2.06. The van der Waals surface area contributed by atoms with E-state index in [1.807, 2.05) is 54.6 Å². The summed E-state index contributed by atoms with van der Waals surface area (Å²) in [6.45, 7) is 4.32. The highest BCUT2D eigenvalue weighted by Gasteiger charge is 2.14. The second kappa shape index (κ2) is 9.69. The Morgan fingerprint density at radius 2 is 1.79 bits per heavy atom. The predicted molar refractivity (Wildman–Crippen MR) is 131 cm³/mol. The van der Waals surface area contributed by atoms with Crippen molar-refractivity contribution in [2.45, 2.75) is 39.7 Å². The van der Waals surface area contributed by atoms with Gasteiger partial charge < -0.3 is 15.0 Å². The van der Waals surface area contributed by atoms with E-state index >= 15 is 0 Å². The maximum atomic E-state index is 11.6. The standard InChI is InChI=1S/C27H27N3O3/c1-3-4-9-26-29-24-16-21(28-18(2)31)14-15-25(24)30(26)17-19-10-12-20(13-11-19)22-7-5-6-8-23(22)27(32)33/h5-8,10-16H,3-4,9,17H2,1-2H3,(H,28,31)(H,32,33). The molecule has 0 aliphatic carbocycles. The molecule has 0 atom stereocenters. The van der Waals surface area contributed by atoms with E-state index in [0.717, 1.165) is 52.9 Å². The zero-order chi connectivity index (χ0) is 23.4. The second-order valence-electron chi connectivity index (χ2n) is 8.15. The summed E-state index contributed by atoms with van der Waals surface area (Å²) in [5, 5.41) is 12.3. The number of anilines is 1. The summed E-state index contributed by atoms with van der Waals surface area (Å²) < 4.78 is 2.22. The number of aromatic carboxylic acids is 1. The molecule has 6 heteroatoms. The molecule has 33 heavy (non-hydrogen) atoms. The van der Waals surface area contributed by atoms with Crippen LogP contribution < -0.4 is 5.32 Å². The third kappa shape index (κ3) is 4.95. The minimum atomic E-state index is -0.932. The molecule has 0 bridgehead atoms. The molecular formula is C27H27N3O3. The molecular weight excluding hydrogens is 414 g/mol. The Balaban J connectivity index is 1.66. The molecule has 2 N–H and O–H groups in total. The SMILES string of the molecule is CCCCc1nc2cc(NC(C)=O)ccc2n1Cc1ccc(-c2ccccc2C(=O)O)cc1. The van der Waals surface area contributed by atoms with Gasteiger partial charge in [-0.2, -0.15) is 0 Å². The normalized spacial score (nSPS) is 11.0. The van der Waals surface area contributed by atoms with Crippen molar-refractivity contribution in [3.63, 3.8) is 0 Å². The number of hydrogen-bond acceptors (Lipinski definition) is 3. The van der Waals surface area contributed by atoms with Crippen LogP contribution in [0.2, 0.25) is 0 Å². The van der Waals surface area contributed by atoms with Crippen molar-refractivity contribution in [3.8, 4) is 11.1 Å². The first-order chi connectivity index (χ1) is 16.0. The summed E-state index contributed by atoms with van der Waals surface area (Å²) in [6.07, 6.45) is 3.01. The van der Waals surface area contributed by atoms with Gasteiger partial charge in [-0.3, -0.25) is 4.79 Å². The minimum absolute atomic E-state index is 0.107. The fourth-order valence-electron chi connectivity index (χ4n) is 4.06. The van der Waals surface area contributed by atoms with Crippen molar-refractivity contribution in [1.29, 1.82) is 0 Å². The van der Waals surface area contributed by atoms with E-state index in [1.54, 1.807) is 12.1 Å². The van der Waals surface area contributed by atoms with Gasteiger partial charge >= 0.3 is 5.97 Å². The minimum Gasteiger partial charge on any atom is -0.478 e. The van der Waals surface area contributed by atoms with Crippen LogP contribution >= 0.6 is 0 Å². The largest absolute Gasteiger partial charge is 0.478 e. The third-order valence-electron chi connectivity index (χ3n) is 5.66. The molecule has 0 saturated carbocycles. The van der Waals surface area contributed by atoms with Gasteiger partial charge in [0.25, 0.3) is 0 Å². The number of imidazole rings is 1. The van der Waals surface area contributed by atoms with Gasteiger partial charge in [0.2, 0.25) is 5.91 Å². The van der Waals surface area contributed by atoms with Crippen molar-refractivity contribution >= 4 is 28.6 Å². The molecule has 1 heterocycles. The highest BCUT2D eigenvalue weighted by molar-refractivity contribution is 5.96. The van der Waals surface area contributed by atoms with Gasteiger partial charge in [0.05, 0.1) is 16.6 Å². The molecule has 0 aliphatic rings. The van der Waals surface area contributed by atoms with Gasteiger partial charge in [-0.05, 0) is 47.4 Å². The quantitative estimate of drug-likeness (QED) is 0.365. The Morgan fingerprint density at radius 3 is 2.48 bits per heavy atom. The van der Waals surface area contributed by atoms with E-state index in [9.17, 15) is 14.7 Å². The third-order valence-corrected chi connectivity index (χ3v) is 5.66. The summed E-state index contributed by atoms with van der Waals surface area (Å²) in [5.41, 5.74) is 5.60. The Hall–Kier alpha value is -3.93. The Labute approximate surface area is 192 Å². The fraction of sp³-hybridized carbons (Fsp3) is 0.222. The van der Waals surface area contributed by atoms with E-state index in [4.69, 9.17) is 4.98 Å². The van der Waals surface area contributed by atoms with Crippen molar-refractivity contribution in [3.05, 3.63) is 83.7 Å². The molecule has 6 nitrogen and oxygen atoms in total. The molecule has 0 saturated heterocycles. The second-order valence-corrected chi connectivity index (χ2v) is 8.15. The number of aromatic nitrogens is 2. The highest BCUT2D eigenvalue weighted by Crippen LogP contribution is 2.26. The Morgan fingerprint density at radius 1 is 1.03 bits per heavy atom. The van der Waals surface area contributed by atoms with Gasteiger partial charge in [0.15, 0.2) is 0 Å². The van der Waals surface area contributed by atoms with Gasteiger partial charge in [-0.1, -0.05) is 55.8 Å². The van der Waals surface area contributed by atoms with Gasteiger partial charge in [-0.15, -0.1) is 0 Å². The van der Waals surface area contributed by atoms with Gasteiger partial charge in [0.1, 0.15) is 5.82 Å². The number of carboxylic acids is 1. The van der Waals surface area contributed by atoms with Crippen LogP contribution in [0.25, 0.3) is 22.2 Å². The Kier molecular flexibility index (Phi) is 6.54. The molecule has 168 valence electrons. The van der Waals surface area contributed by atoms with Crippen LogP contribution in [0.3, 0.4) is 0 Å². The number of rotatable bonds is 8. The predicted octanol–water partition coefficient (Wildman–Crippen LogP) is 5.75. The molecule has 0 unspecified atom stereocenters. The topological polar surface area (TPSA) is 84.2 Å². The lowest BCUT2D eigenvalue weighted by molar-refractivity contribution is -0.114. The summed E-state index contributed by atoms with van der Waals surface area (Å²) in [7, 11) is 0. The molecule has 3 aromatic carbocycles. The van der Waals surface area contributed by atoms with Crippen LogP contribution in [0.4, 0.5) is 5.69 Å². The molecule has 0 spiro atoms. The monoisotopic (exact) mass is 441 g/mol. The molecule has 0 aliphatic heterocycles. The lowest BCUT2D eigenvalue weighted by Gasteiger charge is -2.11. The van der Waals surface area contributed by atoms with Crippen LogP contribution in [-0.2, 0) is 17.8 Å². The Bertz CT molecular complexity index is 1310. The van der Waals surface area contributed by atoms with Crippen LogP contribution in [0.5, 0.6) is 0 Å². The summed E-state index contributed by atoms with van der Waals surface area (Å²) in [4.78, 5) is 27.9. The number of carbonyl (C=O) groups is 2. The van der Waals surface area contributed by atoms with Crippen molar-refractivity contribution in [1.82, 2.24) is 9.55 Å². The fourth-order valence-corrected chi connectivity index (χ4v) is 4.06. The van der Waals surface area contributed by atoms with E-state index in [0.29, 0.717) is 17.7 Å². The van der Waals surface area contributed by atoms with Crippen LogP contribution in [-0.4, -0.2) is 26.5 Å². The zero-order valence-corrected chi connectivity index (χ0v) is 18.8. The van der Waals surface area contributed by atoms with Gasteiger partial charge in [0, 0.05) is 25.6 Å². The first-order valence-electron chi connectivity index (χ1n) is 11.1. The highest BCUT2D eigenvalue weighted by atomic mass is 16.4. The number of nitrogens with one attached hydrogen (secondary N) is 1. The van der Waals surface area contributed by atoms with Gasteiger partial charge in [-0.25, -0.2) is 9.78 Å². The number of hydrogen-bond donors (Lipinski definition) is 2. The molecule has 0 fully saturated rings. The van der Waals surface area contributed by atoms with E-state index < -0.39 is 5.97 Å². The average molecular weight is 442 g/mol. The summed E-state index contributed by atoms with van der Waals surface area (Å²) in [6, 6.07) is 20.9. The van der Waals surface area contributed by atoms with Crippen molar-refractivity contribution in [2.75, 3.05) is 5.32 Å². The van der Waals surface area contributed by atoms with Crippen LogP contribution in [0.15, 0.2) is 66.7 Å². The van der Waals surface area contributed by atoms with Crippen molar-refractivity contribution < 1.29 is 14.7 Å². The summed E-state index contributed by atoms with van der Waals surface area (Å²) >= 11 is 0. The number of amides is 1. The number of nitrogens with zero attached hydrogens (tertiary/aromatic N) is 2. The van der Waals surface area contributed by atoms with E-state index in [1.165, 1.54) is 6.92 Å². The molecule has 0 radical (unpaired) electrons. The molecule has 1 aromatic heterocycles.